The van der Waals surface area contributed by atoms with E-state index in [1.165, 1.54) is 43.6 Å². The molecule has 0 aliphatic carbocycles. The second kappa shape index (κ2) is 0.165. The molecule has 10 heterocycles. The van der Waals surface area contributed by atoms with Crippen LogP contribution in [0.25, 0.3) is 0 Å². The van der Waals surface area contributed by atoms with Crippen molar-refractivity contribution in [1.29, 1.82) is 0 Å². The topological polar surface area (TPSA) is 3.01 Å². The first-order chi connectivity index (χ1) is 5.16. The van der Waals surface area contributed by atoms with Gasteiger partial charge in [0.25, 0.3) is 0 Å². The Morgan fingerprint density at radius 2 is 1.09 bits per heavy atom. The Balaban J connectivity index is 2.46. The Bertz CT molecular complexity index is 577. The second-order valence-electron chi connectivity index (χ2n) is 9.11. The van der Waals surface area contributed by atoms with E-state index in [4.69, 9.17) is 0 Å². The van der Waals surface area contributed by atoms with Crippen LogP contribution in [0.5, 0.6) is 0 Å². The monoisotopic (exact) mass is 187 g/mol. The zero-order valence-electron chi connectivity index (χ0n) is 6.00. The maximum atomic E-state index is 3.28. The van der Waals surface area contributed by atoms with Gasteiger partial charge in [-0.15, -0.1) is 0 Å². The van der Waals surface area contributed by atoms with E-state index < -0.39 is 6.73 Å². The summed E-state index contributed by atoms with van der Waals surface area (Å²) in [7, 11) is 0. The molecule has 10 aliphatic rings. The number of fused-ring (bicyclic) bond motifs is 10. The van der Waals surface area contributed by atoms with E-state index in [1.807, 2.05) is 0 Å². The summed E-state index contributed by atoms with van der Waals surface area (Å²) in [6.07, 6.45) is 0. The maximum absolute atomic E-state index is 3.28. The van der Waals surface area contributed by atoms with Gasteiger partial charge >= 0.3 is 54.2 Å². The molecular weight excluding hydrogens is 178 g/mol. The van der Waals surface area contributed by atoms with Crippen LogP contribution in [0, 0.1) is 0 Å². The van der Waals surface area contributed by atoms with Crippen LogP contribution >= 0.6 is 0 Å². The predicted molar refractivity (Wildman–Crippen MR) is 35.7 cm³/mol. The van der Waals surface area contributed by atoms with Crippen molar-refractivity contribution in [2.75, 3.05) is 0 Å². The van der Waals surface area contributed by atoms with Crippen LogP contribution in [0.15, 0.2) is 0 Å². The minimum atomic E-state index is -2.45. The molecule has 1 spiro atoms. The number of rotatable bonds is 0. The summed E-state index contributed by atoms with van der Waals surface area (Å²) in [6.45, 7) is -2.45. The fourth-order valence-electron chi connectivity index (χ4n) is 14.4. The average molecular weight is 187 g/mol. The van der Waals surface area contributed by atoms with E-state index >= 15 is 0 Å². The average Bonchev–Trinajstić information content (AvgIpc) is 3.01. The molecule has 0 aromatic carbocycles. The second-order valence-corrected chi connectivity index (χ2v) is 32.0. The molecule has 0 aromatic rings. The molecular formula is C9H9FeN. The van der Waals surface area contributed by atoms with Crippen LogP contribution in [0.4, 0.5) is 0 Å². The molecule has 0 amide bonds. The number of hydrogen-bond donors (Lipinski definition) is 0. The van der Waals surface area contributed by atoms with E-state index in [0.717, 1.165) is 0 Å². The standard InChI is InChI=1S/C5H5.C4H4N.Fe/c2*1-2-4-5-3-1;/h1-5H;1-4H;/q;-1;+1. The van der Waals surface area contributed by atoms with Crippen LogP contribution in [0.1, 0.15) is 0 Å². The number of nitrogens with zero attached hydrogens (tertiary/aromatic N) is 1. The van der Waals surface area contributed by atoms with Crippen molar-refractivity contribution in [3.63, 3.8) is 0 Å². The molecule has 1 nitrogen and oxygen atoms in total. The summed E-state index contributed by atoms with van der Waals surface area (Å²) in [4.78, 5) is 13.5. The Labute approximate surface area is 54.6 Å². The van der Waals surface area contributed by atoms with Crippen molar-refractivity contribution in [3.8, 4) is 0 Å². The zero-order valence-corrected chi connectivity index (χ0v) is 7.10. The summed E-state index contributed by atoms with van der Waals surface area (Å²) in [6, 6.07) is 0. The van der Waals surface area contributed by atoms with Gasteiger partial charge in [0, 0.05) is 0 Å². The third kappa shape index (κ3) is 0.0187. The van der Waals surface area contributed by atoms with Crippen molar-refractivity contribution in [1.82, 2.24) is 3.92 Å². The van der Waals surface area contributed by atoms with Crippen LogP contribution in [-0.2, 0) is 6.73 Å². The van der Waals surface area contributed by atoms with Crippen LogP contribution < -0.4 is 0 Å². The van der Waals surface area contributed by atoms with Gasteiger partial charge in [0.1, 0.15) is 0 Å². The Hall–Kier alpha value is 0.479. The molecule has 10 saturated heterocycles. The fraction of sp³-hybridized carbons (Fsp3) is 1.00. The molecule has 10 rings (SSSR count). The first-order valence-corrected chi connectivity index (χ1v) is 11.4. The van der Waals surface area contributed by atoms with Crippen LogP contribution in [0.3, 0.4) is 0 Å². The van der Waals surface area contributed by atoms with E-state index in [-0.39, 0.29) is 0 Å². The quantitative estimate of drug-likeness (QED) is 0.413. The normalized spacial score (nSPS) is 171. The molecule has 10 fully saturated rings. The summed E-state index contributed by atoms with van der Waals surface area (Å²) < 4.78 is 3.28. The fourth-order valence-corrected chi connectivity index (χ4v) is 80.9. The van der Waals surface area contributed by atoms with Gasteiger partial charge in [0.15, 0.2) is 0 Å². The summed E-state index contributed by atoms with van der Waals surface area (Å²) in [5.41, 5.74) is 0. The van der Waals surface area contributed by atoms with E-state index in [1.54, 1.807) is 0 Å². The molecule has 10 aliphatic heterocycles. The Kier molecular flexibility index (Phi) is 0.0452. The molecule has 2 heteroatoms. The van der Waals surface area contributed by atoms with Crippen LogP contribution in [0.2, 0.25) is 33.7 Å². The molecule has 0 bridgehead atoms. The van der Waals surface area contributed by atoms with Gasteiger partial charge in [-0.25, -0.2) is 0 Å². The summed E-state index contributed by atoms with van der Waals surface area (Å²) >= 11 is 0. The van der Waals surface area contributed by atoms with E-state index in [0.29, 0.717) is 0 Å². The van der Waals surface area contributed by atoms with Crippen molar-refractivity contribution in [3.05, 3.63) is 0 Å². The minimum absolute atomic E-state index is 1.42. The Morgan fingerprint density at radius 1 is 0.636 bits per heavy atom. The van der Waals surface area contributed by atoms with Gasteiger partial charge in [-0.3, -0.25) is 0 Å². The first kappa shape index (κ1) is 3.01. The van der Waals surface area contributed by atoms with Gasteiger partial charge in [-0.1, -0.05) is 0 Å². The molecule has 58 valence electrons. The van der Waals surface area contributed by atoms with E-state index in [2.05, 4.69) is 3.92 Å². The SMILES string of the molecule is [CH]12[CH]3[CH]4[CH]5[CH]1[Fe]23451678[CH]2[CH]1[CH]6[N]7[CH]28. The molecule has 0 aromatic heterocycles. The first-order valence-electron chi connectivity index (χ1n) is 5.18. The third-order valence-electron chi connectivity index (χ3n) is 13.6. The molecule has 4 atom stereocenters. The number of hydrogen-bond acceptors (Lipinski definition) is 1. The molecule has 0 radical (unpaired) electrons. The molecule has 0 saturated carbocycles. The predicted octanol–water partition coefficient (Wildman–Crippen LogP) is 1.88. The summed E-state index contributed by atoms with van der Waals surface area (Å²) in [5.74, 6) is 0. The summed E-state index contributed by atoms with van der Waals surface area (Å²) in [5, 5.41) is 0. The van der Waals surface area contributed by atoms with Crippen LogP contribution in [-0.4, -0.2) is 13.8 Å². The van der Waals surface area contributed by atoms with Crippen molar-refractivity contribution >= 4 is 0 Å². The van der Waals surface area contributed by atoms with Gasteiger partial charge < -0.3 is 0 Å². The van der Waals surface area contributed by atoms with Crippen molar-refractivity contribution < 1.29 is 6.73 Å². The molecule has 11 heavy (non-hydrogen) atoms. The Morgan fingerprint density at radius 3 is 1.09 bits per heavy atom. The van der Waals surface area contributed by atoms with E-state index in [9.17, 15) is 0 Å². The third-order valence-corrected chi connectivity index (χ3v) is 52.7. The van der Waals surface area contributed by atoms with Gasteiger partial charge in [-0.2, -0.15) is 0 Å². The van der Waals surface area contributed by atoms with Gasteiger partial charge in [0.05, 0.1) is 0 Å². The van der Waals surface area contributed by atoms with Gasteiger partial charge in [0.2, 0.25) is 0 Å². The van der Waals surface area contributed by atoms with Crippen molar-refractivity contribution in [2.45, 2.75) is 43.6 Å². The molecule has 4 unspecified atom stereocenters. The zero-order chi connectivity index (χ0) is 6.09. The molecule has 0 N–H and O–H groups in total. The van der Waals surface area contributed by atoms with Crippen molar-refractivity contribution in [2.24, 2.45) is 0 Å². The van der Waals surface area contributed by atoms with Gasteiger partial charge in [-0.05, 0) is 0 Å².